The quantitative estimate of drug-likeness (QED) is 0.818. The molecule has 1 aromatic heterocycles. The van der Waals surface area contributed by atoms with E-state index in [1.807, 2.05) is 24.0 Å². The fraction of sp³-hybridized carbons (Fsp3) is 0.692. The molecule has 2 N–H and O–H groups in total. The highest BCUT2D eigenvalue weighted by Gasteiger charge is 2.13. The number of rotatable bonds is 4. The Balaban J connectivity index is 1.62. The highest BCUT2D eigenvalue weighted by molar-refractivity contribution is 7.80. The van der Waals surface area contributed by atoms with Crippen molar-refractivity contribution in [3.8, 4) is 0 Å². The second-order valence-electron chi connectivity index (χ2n) is 5.02. The molecule has 0 aliphatic heterocycles. The van der Waals surface area contributed by atoms with Crippen LogP contribution in [0.4, 0.5) is 0 Å². The van der Waals surface area contributed by atoms with Crippen molar-refractivity contribution in [1.82, 2.24) is 20.4 Å². The fourth-order valence-electron chi connectivity index (χ4n) is 2.36. The van der Waals surface area contributed by atoms with E-state index in [1.165, 1.54) is 37.7 Å². The van der Waals surface area contributed by atoms with Crippen LogP contribution in [0.1, 0.15) is 37.7 Å². The van der Waals surface area contributed by atoms with Crippen molar-refractivity contribution in [3.63, 3.8) is 0 Å². The van der Waals surface area contributed by atoms with Gasteiger partial charge < -0.3 is 10.6 Å². The zero-order valence-corrected chi connectivity index (χ0v) is 11.8. The first kappa shape index (κ1) is 13.3. The molecule has 0 radical (unpaired) electrons. The first-order valence-electron chi connectivity index (χ1n) is 6.77. The summed E-state index contributed by atoms with van der Waals surface area (Å²) in [4.78, 5) is 0. The Bertz CT molecular complexity index is 382. The summed E-state index contributed by atoms with van der Waals surface area (Å²) >= 11 is 5.30. The third kappa shape index (κ3) is 4.29. The molecule has 18 heavy (non-hydrogen) atoms. The SMILES string of the molecule is Cc1cnn(CCNC(=S)NC2CCCCC2)c1. The van der Waals surface area contributed by atoms with E-state index in [2.05, 4.69) is 15.7 Å². The summed E-state index contributed by atoms with van der Waals surface area (Å²) in [6, 6.07) is 0.575. The Kier molecular flexibility index (Phi) is 4.99. The van der Waals surface area contributed by atoms with Gasteiger partial charge in [-0.3, -0.25) is 4.68 Å². The summed E-state index contributed by atoms with van der Waals surface area (Å²) in [7, 11) is 0. The van der Waals surface area contributed by atoms with Gasteiger partial charge in [0, 0.05) is 18.8 Å². The molecule has 0 saturated heterocycles. The van der Waals surface area contributed by atoms with Crippen LogP contribution in [0.2, 0.25) is 0 Å². The van der Waals surface area contributed by atoms with Crippen molar-refractivity contribution < 1.29 is 0 Å². The summed E-state index contributed by atoms with van der Waals surface area (Å²) in [5.74, 6) is 0. The molecule has 100 valence electrons. The maximum Gasteiger partial charge on any atom is 0.166 e. The number of thiocarbonyl (C=S) groups is 1. The van der Waals surface area contributed by atoms with Crippen LogP contribution in [-0.2, 0) is 6.54 Å². The summed E-state index contributed by atoms with van der Waals surface area (Å²) in [6.07, 6.45) is 10.4. The van der Waals surface area contributed by atoms with Crippen LogP contribution in [0.5, 0.6) is 0 Å². The minimum atomic E-state index is 0.575. The lowest BCUT2D eigenvalue weighted by molar-refractivity contribution is 0.411. The van der Waals surface area contributed by atoms with E-state index in [0.717, 1.165) is 18.2 Å². The van der Waals surface area contributed by atoms with E-state index in [9.17, 15) is 0 Å². The molecule has 0 atom stereocenters. The minimum Gasteiger partial charge on any atom is -0.361 e. The highest BCUT2D eigenvalue weighted by Crippen LogP contribution is 2.17. The lowest BCUT2D eigenvalue weighted by Gasteiger charge is -2.24. The number of aryl methyl sites for hydroxylation is 1. The lowest BCUT2D eigenvalue weighted by atomic mass is 9.96. The predicted octanol–water partition coefficient (Wildman–Crippen LogP) is 1.99. The van der Waals surface area contributed by atoms with E-state index in [1.54, 1.807) is 0 Å². The smallest absolute Gasteiger partial charge is 0.166 e. The first-order chi connectivity index (χ1) is 8.74. The van der Waals surface area contributed by atoms with Crippen molar-refractivity contribution in [2.45, 2.75) is 51.6 Å². The third-order valence-electron chi connectivity index (χ3n) is 3.33. The Morgan fingerprint density at radius 1 is 1.44 bits per heavy atom. The third-order valence-corrected chi connectivity index (χ3v) is 3.59. The van der Waals surface area contributed by atoms with Gasteiger partial charge in [-0.05, 0) is 37.5 Å². The van der Waals surface area contributed by atoms with Crippen LogP contribution in [0.15, 0.2) is 12.4 Å². The highest BCUT2D eigenvalue weighted by atomic mass is 32.1. The average Bonchev–Trinajstić information content (AvgIpc) is 2.76. The minimum absolute atomic E-state index is 0.575. The van der Waals surface area contributed by atoms with E-state index in [0.29, 0.717) is 6.04 Å². The lowest BCUT2D eigenvalue weighted by Crippen LogP contribution is -2.43. The van der Waals surface area contributed by atoms with Crippen molar-refractivity contribution >= 4 is 17.3 Å². The maximum atomic E-state index is 5.30. The monoisotopic (exact) mass is 266 g/mol. The van der Waals surface area contributed by atoms with Gasteiger partial charge in [-0.25, -0.2) is 0 Å². The Morgan fingerprint density at radius 2 is 2.22 bits per heavy atom. The summed E-state index contributed by atoms with van der Waals surface area (Å²) < 4.78 is 1.94. The van der Waals surface area contributed by atoms with Crippen molar-refractivity contribution in [1.29, 1.82) is 0 Å². The Morgan fingerprint density at radius 3 is 2.89 bits per heavy atom. The maximum absolute atomic E-state index is 5.30. The number of nitrogens with zero attached hydrogens (tertiary/aromatic N) is 2. The van der Waals surface area contributed by atoms with Gasteiger partial charge >= 0.3 is 0 Å². The van der Waals surface area contributed by atoms with Gasteiger partial charge in [0.25, 0.3) is 0 Å². The molecule has 0 unspecified atom stereocenters. The van der Waals surface area contributed by atoms with Crippen molar-refractivity contribution in [2.75, 3.05) is 6.54 Å². The molecular weight excluding hydrogens is 244 g/mol. The van der Waals surface area contributed by atoms with Crippen molar-refractivity contribution in [2.24, 2.45) is 0 Å². The van der Waals surface area contributed by atoms with Crippen LogP contribution in [0, 0.1) is 6.92 Å². The van der Waals surface area contributed by atoms with Crippen LogP contribution in [0.3, 0.4) is 0 Å². The molecule has 0 bridgehead atoms. The van der Waals surface area contributed by atoms with Crippen molar-refractivity contribution in [3.05, 3.63) is 18.0 Å². The Labute approximate surface area is 114 Å². The zero-order chi connectivity index (χ0) is 12.8. The van der Waals surface area contributed by atoms with E-state index in [4.69, 9.17) is 12.2 Å². The van der Waals surface area contributed by atoms with Gasteiger partial charge in [0.1, 0.15) is 0 Å². The van der Waals surface area contributed by atoms with Crippen LogP contribution < -0.4 is 10.6 Å². The zero-order valence-electron chi connectivity index (χ0n) is 11.0. The molecule has 2 rings (SSSR count). The molecule has 0 spiro atoms. The molecule has 0 amide bonds. The van der Waals surface area contributed by atoms with E-state index < -0.39 is 0 Å². The normalized spacial score (nSPS) is 16.5. The predicted molar refractivity (Wildman–Crippen MR) is 77.6 cm³/mol. The molecule has 1 saturated carbocycles. The van der Waals surface area contributed by atoms with Gasteiger partial charge in [0.05, 0.1) is 12.7 Å². The summed E-state index contributed by atoms with van der Waals surface area (Å²) in [6.45, 7) is 3.71. The number of hydrogen-bond donors (Lipinski definition) is 2. The van der Waals surface area contributed by atoms with Crippen LogP contribution in [-0.4, -0.2) is 27.5 Å². The first-order valence-corrected chi connectivity index (χ1v) is 7.18. The molecular formula is C13H22N4S. The average molecular weight is 266 g/mol. The fourth-order valence-corrected chi connectivity index (χ4v) is 2.63. The molecule has 1 fully saturated rings. The molecule has 1 heterocycles. The van der Waals surface area contributed by atoms with Gasteiger partial charge in [-0.15, -0.1) is 0 Å². The van der Waals surface area contributed by atoms with Crippen LogP contribution in [0.25, 0.3) is 0 Å². The molecule has 1 aliphatic carbocycles. The largest absolute Gasteiger partial charge is 0.361 e. The van der Waals surface area contributed by atoms with Gasteiger partial charge in [0.15, 0.2) is 5.11 Å². The molecule has 4 nitrogen and oxygen atoms in total. The van der Waals surface area contributed by atoms with Gasteiger partial charge in [-0.1, -0.05) is 19.3 Å². The standard InChI is InChI=1S/C13H22N4S/c1-11-9-15-17(10-11)8-7-14-13(18)16-12-5-3-2-4-6-12/h9-10,12H,2-8H2,1H3,(H2,14,16,18). The van der Waals surface area contributed by atoms with E-state index >= 15 is 0 Å². The number of aromatic nitrogens is 2. The molecule has 5 heteroatoms. The summed E-state index contributed by atoms with van der Waals surface area (Å²) in [5.41, 5.74) is 1.19. The second kappa shape index (κ2) is 6.73. The topological polar surface area (TPSA) is 41.9 Å². The number of nitrogens with one attached hydrogen (secondary N) is 2. The molecule has 1 aliphatic rings. The van der Waals surface area contributed by atoms with E-state index in [-0.39, 0.29) is 0 Å². The van der Waals surface area contributed by atoms with Gasteiger partial charge in [-0.2, -0.15) is 5.10 Å². The molecule has 0 aromatic carbocycles. The summed E-state index contributed by atoms with van der Waals surface area (Å²) in [5, 5.41) is 11.7. The number of hydrogen-bond acceptors (Lipinski definition) is 2. The van der Waals surface area contributed by atoms with Gasteiger partial charge in [0.2, 0.25) is 0 Å². The van der Waals surface area contributed by atoms with Crippen LogP contribution >= 0.6 is 12.2 Å². The molecule has 1 aromatic rings. The second-order valence-corrected chi connectivity index (χ2v) is 5.42. The Hall–Kier alpha value is -1.10.